The van der Waals surface area contributed by atoms with Gasteiger partial charge in [-0.25, -0.2) is 0 Å². The van der Waals surface area contributed by atoms with Crippen LogP contribution in [0.15, 0.2) is 36.6 Å². The van der Waals surface area contributed by atoms with Gasteiger partial charge in [0.05, 0.1) is 12.9 Å². The van der Waals surface area contributed by atoms with E-state index in [0.29, 0.717) is 0 Å². The van der Waals surface area contributed by atoms with Gasteiger partial charge < -0.3 is 9.84 Å². The van der Waals surface area contributed by atoms with E-state index in [9.17, 15) is 0 Å². The quantitative estimate of drug-likeness (QED) is 0.712. The molecule has 0 fully saturated rings. The molecule has 1 atom stereocenters. The van der Waals surface area contributed by atoms with E-state index in [1.807, 2.05) is 12.1 Å². The Balaban J connectivity index is 1.98. The summed E-state index contributed by atoms with van der Waals surface area (Å²) >= 11 is 0. The van der Waals surface area contributed by atoms with E-state index in [1.165, 1.54) is 11.1 Å². The summed E-state index contributed by atoms with van der Waals surface area (Å²) in [6.07, 6.45) is 4.34. The van der Waals surface area contributed by atoms with Gasteiger partial charge in [0.1, 0.15) is 6.10 Å². The first-order chi connectivity index (χ1) is 6.42. The highest BCUT2D eigenvalue weighted by atomic mass is 16.5. The molecule has 0 bridgehead atoms. The molecule has 2 heteroatoms. The van der Waals surface area contributed by atoms with Crippen LogP contribution in [0.4, 0.5) is 0 Å². The van der Waals surface area contributed by atoms with Crippen LogP contribution in [0.5, 0.6) is 0 Å². The third kappa shape index (κ3) is 1.58. The fraction of sp³-hybridized carbons (Fsp3) is 0.273. The third-order valence-corrected chi connectivity index (χ3v) is 2.25. The lowest BCUT2D eigenvalue weighted by Gasteiger charge is -2.28. The van der Waals surface area contributed by atoms with Gasteiger partial charge in [-0.15, -0.1) is 0 Å². The molecule has 1 N–H and O–H groups in total. The highest BCUT2D eigenvalue weighted by molar-refractivity contribution is 5.38. The molecular formula is C11H12O2. The fourth-order valence-electron chi connectivity index (χ4n) is 1.53. The monoisotopic (exact) mass is 176 g/mol. The highest BCUT2D eigenvalue weighted by Crippen LogP contribution is 2.35. The summed E-state index contributed by atoms with van der Waals surface area (Å²) in [6.45, 7) is 0.0361. The highest BCUT2D eigenvalue weighted by Gasteiger charge is 2.25. The molecule has 1 aliphatic carbocycles. The molecule has 1 aromatic carbocycles. The van der Waals surface area contributed by atoms with Crippen molar-refractivity contribution in [1.29, 1.82) is 0 Å². The van der Waals surface area contributed by atoms with Crippen molar-refractivity contribution in [2.24, 2.45) is 0 Å². The van der Waals surface area contributed by atoms with Crippen molar-refractivity contribution in [2.45, 2.75) is 12.5 Å². The minimum Gasteiger partial charge on any atom is -0.493 e. The number of fused-ring (bicyclic) bond motifs is 1. The first kappa shape index (κ1) is 8.32. The molecular weight excluding hydrogens is 164 g/mol. The van der Waals surface area contributed by atoms with E-state index >= 15 is 0 Å². The number of hydrogen-bond donors (Lipinski definition) is 1. The molecule has 13 heavy (non-hydrogen) atoms. The number of rotatable bonds is 3. The van der Waals surface area contributed by atoms with Crippen LogP contribution in [-0.4, -0.2) is 11.7 Å². The van der Waals surface area contributed by atoms with Crippen LogP contribution in [-0.2, 0) is 11.2 Å². The van der Waals surface area contributed by atoms with Gasteiger partial charge in [-0.2, -0.15) is 0 Å². The van der Waals surface area contributed by atoms with Crippen LogP contribution in [0.3, 0.4) is 0 Å². The van der Waals surface area contributed by atoms with Crippen molar-refractivity contribution in [1.82, 2.24) is 0 Å². The number of ether oxygens (including phenoxy) is 1. The summed E-state index contributed by atoms with van der Waals surface area (Å²) in [5.74, 6) is 0. The molecule has 0 aliphatic heterocycles. The SMILES string of the molecule is OC/C=C/OC1Cc2ccccc21. The lowest BCUT2D eigenvalue weighted by atomic mass is 9.86. The molecule has 0 radical (unpaired) electrons. The van der Waals surface area contributed by atoms with E-state index in [0.717, 1.165) is 6.42 Å². The zero-order chi connectivity index (χ0) is 9.10. The van der Waals surface area contributed by atoms with E-state index in [-0.39, 0.29) is 12.7 Å². The maximum atomic E-state index is 8.50. The van der Waals surface area contributed by atoms with Crippen LogP contribution in [0, 0.1) is 0 Å². The van der Waals surface area contributed by atoms with Crippen molar-refractivity contribution in [3.63, 3.8) is 0 Å². The summed E-state index contributed by atoms with van der Waals surface area (Å²) in [5, 5.41) is 8.50. The molecule has 1 unspecified atom stereocenters. The lowest BCUT2D eigenvalue weighted by Crippen LogP contribution is -2.17. The van der Waals surface area contributed by atoms with E-state index in [4.69, 9.17) is 9.84 Å². The predicted molar refractivity (Wildman–Crippen MR) is 50.2 cm³/mol. The predicted octanol–water partition coefficient (Wildman–Crippen LogP) is 1.81. The van der Waals surface area contributed by atoms with Crippen LogP contribution < -0.4 is 0 Å². The molecule has 1 aliphatic rings. The van der Waals surface area contributed by atoms with Crippen LogP contribution in [0.1, 0.15) is 17.2 Å². The van der Waals surface area contributed by atoms with E-state index in [2.05, 4.69) is 12.1 Å². The summed E-state index contributed by atoms with van der Waals surface area (Å²) in [4.78, 5) is 0. The normalized spacial score (nSPS) is 19.6. The Morgan fingerprint density at radius 2 is 2.31 bits per heavy atom. The molecule has 0 spiro atoms. The molecule has 68 valence electrons. The van der Waals surface area contributed by atoms with Gasteiger partial charge >= 0.3 is 0 Å². The van der Waals surface area contributed by atoms with Crippen molar-refractivity contribution < 1.29 is 9.84 Å². The maximum Gasteiger partial charge on any atom is 0.127 e. The molecule has 0 aromatic heterocycles. The minimum atomic E-state index is 0.0361. The topological polar surface area (TPSA) is 29.5 Å². The largest absolute Gasteiger partial charge is 0.493 e. The second kappa shape index (κ2) is 3.62. The van der Waals surface area contributed by atoms with Gasteiger partial charge in [-0.05, 0) is 17.2 Å². The Morgan fingerprint density at radius 1 is 1.46 bits per heavy atom. The summed E-state index contributed by atoms with van der Waals surface area (Å²) in [5.41, 5.74) is 2.63. The average Bonchev–Trinajstić information content (AvgIpc) is 2.13. The van der Waals surface area contributed by atoms with Gasteiger partial charge in [0, 0.05) is 6.42 Å². The Kier molecular flexibility index (Phi) is 2.32. The van der Waals surface area contributed by atoms with E-state index < -0.39 is 0 Å². The van der Waals surface area contributed by atoms with Gasteiger partial charge in [-0.3, -0.25) is 0 Å². The lowest BCUT2D eigenvalue weighted by molar-refractivity contribution is 0.123. The van der Waals surface area contributed by atoms with Crippen molar-refractivity contribution >= 4 is 0 Å². The van der Waals surface area contributed by atoms with Gasteiger partial charge in [-0.1, -0.05) is 24.3 Å². The minimum absolute atomic E-state index is 0.0361. The first-order valence-corrected chi connectivity index (χ1v) is 4.41. The molecule has 2 nitrogen and oxygen atoms in total. The average molecular weight is 176 g/mol. The van der Waals surface area contributed by atoms with E-state index in [1.54, 1.807) is 12.3 Å². The second-order valence-electron chi connectivity index (χ2n) is 3.08. The molecule has 0 saturated carbocycles. The Hall–Kier alpha value is -1.28. The Bertz CT molecular complexity index is 318. The fourth-order valence-corrected chi connectivity index (χ4v) is 1.53. The van der Waals surface area contributed by atoms with Gasteiger partial charge in [0.2, 0.25) is 0 Å². The molecule has 0 saturated heterocycles. The molecule has 0 heterocycles. The summed E-state index contributed by atoms with van der Waals surface area (Å²) < 4.78 is 5.40. The van der Waals surface area contributed by atoms with Crippen LogP contribution >= 0.6 is 0 Å². The number of hydrogen-bond acceptors (Lipinski definition) is 2. The van der Waals surface area contributed by atoms with Crippen molar-refractivity contribution in [3.8, 4) is 0 Å². The Morgan fingerprint density at radius 3 is 3.08 bits per heavy atom. The molecule has 2 rings (SSSR count). The van der Waals surface area contributed by atoms with Crippen molar-refractivity contribution in [2.75, 3.05) is 6.61 Å². The number of aliphatic hydroxyl groups excluding tert-OH is 1. The first-order valence-electron chi connectivity index (χ1n) is 4.41. The second-order valence-corrected chi connectivity index (χ2v) is 3.08. The zero-order valence-corrected chi connectivity index (χ0v) is 7.31. The molecule has 0 amide bonds. The van der Waals surface area contributed by atoms with Gasteiger partial charge in [0.15, 0.2) is 0 Å². The maximum absolute atomic E-state index is 8.50. The summed E-state index contributed by atoms with van der Waals surface area (Å²) in [6, 6.07) is 8.25. The summed E-state index contributed by atoms with van der Waals surface area (Å²) in [7, 11) is 0. The number of benzene rings is 1. The smallest absolute Gasteiger partial charge is 0.127 e. The Labute approximate surface area is 77.5 Å². The van der Waals surface area contributed by atoms with Crippen LogP contribution in [0.2, 0.25) is 0 Å². The molecule has 1 aromatic rings. The van der Waals surface area contributed by atoms with Crippen molar-refractivity contribution in [3.05, 3.63) is 47.7 Å². The van der Waals surface area contributed by atoms with Gasteiger partial charge in [0.25, 0.3) is 0 Å². The van der Waals surface area contributed by atoms with Crippen LogP contribution in [0.25, 0.3) is 0 Å². The number of aliphatic hydroxyl groups is 1. The zero-order valence-electron chi connectivity index (χ0n) is 7.31. The third-order valence-electron chi connectivity index (χ3n) is 2.25. The standard InChI is InChI=1S/C11H12O2/c12-6-3-7-13-11-8-9-4-1-2-5-10(9)11/h1-5,7,11-12H,6,8H2/b7-3+.